The Morgan fingerprint density at radius 1 is 0.938 bits per heavy atom. The highest BCUT2D eigenvalue weighted by Gasteiger charge is 2.25. The lowest BCUT2D eigenvalue weighted by atomic mass is 10.0. The van der Waals surface area contributed by atoms with Crippen LogP contribution in [0.3, 0.4) is 0 Å². The van der Waals surface area contributed by atoms with Gasteiger partial charge in [-0.25, -0.2) is 0 Å². The summed E-state index contributed by atoms with van der Waals surface area (Å²) in [7, 11) is 2.69. The van der Waals surface area contributed by atoms with E-state index >= 15 is 0 Å². The van der Waals surface area contributed by atoms with E-state index in [1.165, 1.54) is 26.4 Å². The van der Waals surface area contributed by atoms with E-state index in [1.54, 1.807) is 24.3 Å². The molecule has 0 saturated heterocycles. The first-order valence-corrected chi connectivity index (χ1v) is 9.57. The van der Waals surface area contributed by atoms with E-state index in [4.69, 9.17) is 13.9 Å². The third-order valence-electron chi connectivity index (χ3n) is 4.82. The summed E-state index contributed by atoms with van der Waals surface area (Å²) >= 11 is 0. The molecule has 0 amide bonds. The molecule has 0 radical (unpaired) electrons. The summed E-state index contributed by atoms with van der Waals surface area (Å²) in [6, 6.07) is 18.7. The fourth-order valence-corrected chi connectivity index (χ4v) is 3.33. The van der Waals surface area contributed by atoms with Crippen molar-refractivity contribution in [3.63, 3.8) is 0 Å². The maximum Gasteiger partial charge on any atom is 0.315 e. The highest BCUT2D eigenvalue weighted by Crippen LogP contribution is 2.41. The van der Waals surface area contributed by atoms with Crippen LogP contribution >= 0.6 is 0 Å². The monoisotopic (exact) mass is 427 g/mol. The first kappa shape index (κ1) is 20.7. The largest absolute Gasteiger partial charge is 0.493 e. The second-order valence-corrected chi connectivity index (χ2v) is 6.74. The van der Waals surface area contributed by atoms with Crippen molar-refractivity contribution in [3.05, 3.63) is 98.2 Å². The molecule has 0 aliphatic rings. The Labute approximate surface area is 183 Å². The minimum Gasteiger partial charge on any atom is -0.493 e. The molecular weight excluding hydrogens is 410 g/mol. The second-order valence-electron chi connectivity index (χ2n) is 6.74. The van der Waals surface area contributed by atoms with Gasteiger partial charge in [-0.05, 0) is 30.3 Å². The highest BCUT2D eigenvalue weighted by atomic mass is 16.6. The van der Waals surface area contributed by atoms with Crippen molar-refractivity contribution < 1.29 is 18.8 Å². The summed E-state index contributed by atoms with van der Waals surface area (Å²) in [4.78, 5) is 24.4. The third kappa shape index (κ3) is 3.77. The van der Waals surface area contributed by atoms with E-state index in [9.17, 15) is 14.9 Å². The normalized spacial score (nSPS) is 10.3. The Hall–Kier alpha value is -4.57. The standard InChI is InChI=1S/C25H17NO6/c1-30-22-15-17(14-20(26(28)29)25(22)31-2)24-19(13-12-16-8-4-3-5-9-16)23(27)18-10-6-7-11-21(18)32-24/h3-11,14-15H,1-2H3. The number of nitro groups is 1. The molecule has 0 aliphatic heterocycles. The summed E-state index contributed by atoms with van der Waals surface area (Å²) in [5, 5.41) is 12.0. The molecule has 0 aliphatic carbocycles. The fraction of sp³-hybridized carbons (Fsp3) is 0.0800. The van der Waals surface area contributed by atoms with Crippen LogP contribution in [0.15, 0.2) is 75.9 Å². The summed E-state index contributed by atoms with van der Waals surface area (Å²) in [6.07, 6.45) is 0. The fourth-order valence-electron chi connectivity index (χ4n) is 3.33. The number of nitro benzene ring substituents is 1. The van der Waals surface area contributed by atoms with Gasteiger partial charge in [-0.2, -0.15) is 0 Å². The molecule has 0 N–H and O–H groups in total. The maximum atomic E-state index is 13.3. The summed E-state index contributed by atoms with van der Waals surface area (Å²) in [5.74, 6) is 6.09. The van der Waals surface area contributed by atoms with Crippen LogP contribution in [0.4, 0.5) is 5.69 Å². The molecule has 32 heavy (non-hydrogen) atoms. The van der Waals surface area contributed by atoms with E-state index in [0.29, 0.717) is 16.5 Å². The highest BCUT2D eigenvalue weighted by molar-refractivity contribution is 5.83. The zero-order chi connectivity index (χ0) is 22.7. The molecule has 3 aromatic carbocycles. The molecule has 0 bridgehead atoms. The van der Waals surface area contributed by atoms with Gasteiger partial charge in [0.15, 0.2) is 11.5 Å². The first-order chi connectivity index (χ1) is 15.5. The summed E-state index contributed by atoms with van der Waals surface area (Å²) < 4.78 is 16.5. The van der Waals surface area contributed by atoms with Crippen molar-refractivity contribution in [2.45, 2.75) is 0 Å². The van der Waals surface area contributed by atoms with Crippen LogP contribution in [-0.2, 0) is 0 Å². The van der Waals surface area contributed by atoms with Gasteiger partial charge in [-0.15, -0.1) is 0 Å². The molecule has 0 atom stereocenters. The van der Waals surface area contributed by atoms with Gasteiger partial charge in [0, 0.05) is 17.2 Å². The summed E-state index contributed by atoms with van der Waals surface area (Å²) in [6.45, 7) is 0. The molecule has 0 unspecified atom stereocenters. The minimum absolute atomic E-state index is 0.0266. The second kappa shape index (κ2) is 8.66. The Morgan fingerprint density at radius 2 is 1.66 bits per heavy atom. The number of methoxy groups -OCH3 is 2. The average molecular weight is 427 g/mol. The molecule has 158 valence electrons. The number of para-hydroxylation sites is 1. The third-order valence-corrected chi connectivity index (χ3v) is 4.82. The Kier molecular flexibility index (Phi) is 5.60. The number of hydrogen-bond donors (Lipinski definition) is 0. The van der Waals surface area contributed by atoms with Gasteiger partial charge in [0.05, 0.1) is 24.5 Å². The van der Waals surface area contributed by atoms with E-state index < -0.39 is 4.92 Å². The number of rotatable bonds is 4. The Bertz CT molecular complexity index is 1440. The molecule has 4 aromatic rings. The predicted octanol–water partition coefficient (Wildman–Crippen LogP) is 4.79. The Balaban J connectivity index is 2.05. The molecule has 0 fully saturated rings. The lowest BCUT2D eigenvalue weighted by Crippen LogP contribution is -2.08. The SMILES string of the molecule is COc1cc(-c2oc3ccccc3c(=O)c2C#Cc2ccccc2)cc([N+](=O)[O-])c1OC. The van der Waals surface area contributed by atoms with Gasteiger partial charge < -0.3 is 13.9 Å². The number of ether oxygens (including phenoxy) is 2. The molecule has 7 nitrogen and oxygen atoms in total. The molecule has 0 spiro atoms. The van der Waals surface area contributed by atoms with Crippen LogP contribution in [0.25, 0.3) is 22.3 Å². The molecule has 0 saturated carbocycles. The van der Waals surface area contributed by atoms with Crippen molar-refractivity contribution in [2.24, 2.45) is 0 Å². The molecule has 7 heteroatoms. The number of fused-ring (bicyclic) bond motifs is 1. The first-order valence-electron chi connectivity index (χ1n) is 9.57. The minimum atomic E-state index is -0.584. The van der Waals surface area contributed by atoms with Gasteiger partial charge in [-0.3, -0.25) is 14.9 Å². The van der Waals surface area contributed by atoms with Crippen LogP contribution < -0.4 is 14.9 Å². The van der Waals surface area contributed by atoms with Crippen LogP contribution in [-0.4, -0.2) is 19.1 Å². The Morgan fingerprint density at radius 3 is 2.34 bits per heavy atom. The van der Waals surface area contributed by atoms with Crippen molar-refractivity contribution >= 4 is 16.7 Å². The number of nitrogens with zero attached hydrogens (tertiary/aromatic N) is 1. The van der Waals surface area contributed by atoms with Crippen LogP contribution in [0.1, 0.15) is 11.1 Å². The van der Waals surface area contributed by atoms with Crippen LogP contribution in [0, 0.1) is 22.0 Å². The smallest absolute Gasteiger partial charge is 0.315 e. The zero-order valence-electron chi connectivity index (χ0n) is 17.2. The molecule has 1 aromatic heterocycles. The van der Waals surface area contributed by atoms with Crippen molar-refractivity contribution in [1.82, 2.24) is 0 Å². The maximum absolute atomic E-state index is 13.3. The summed E-state index contributed by atoms with van der Waals surface area (Å²) in [5.41, 5.74) is 0.769. The number of benzene rings is 3. The predicted molar refractivity (Wildman–Crippen MR) is 120 cm³/mol. The van der Waals surface area contributed by atoms with Crippen molar-refractivity contribution in [2.75, 3.05) is 14.2 Å². The van der Waals surface area contributed by atoms with E-state index in [1.807, 2.05) is 30.3 Å². The van der Waals surface area contributed by atoms with Crippen LogP contribution in [0.5, 0.6) is 11.5 Å². The quantitative estimate of drug-likeness (QED) is 0.264. The van der Waals surface area contributed by atoms with Crippen LogP contribution in [0.2, 0.25) is 0 Å². The van der Waals surface area contributed by atoms with E-state index in [0.717, 1.165) is 0 Å². The average Bonchev–Trinajstić information content (AvgIpc) is 2.83. The van der Waals surface area contributed by atoms with Gasteiger partial charge in [0.2, 0.25) is 11.2 Å². The number of hydrogen-bond acceptors (Lipinski definition) is 6. The van der Waals surface area contributed by atoms with Gasteiger partial charge in [-0.1, -0.05) is 42.2 Å². The molecule has 4 rings (SSSR count). The van der Waals surface area contributed by atoms with Crippen molar-refractivity contribution in [3.8, 4) is 34.7 Å². The topological polar surface area (TPSA) is 91.8 Å². The molecular formula is C25H17NO6. The van der Waals surface area contributed by atoms with E-state index in [-0.39, 0.29) is 39.5 Å². The molecule has 1 heterocycles. The lowest BCUT2D eigenvalue weighted by Gasteiger charge is -2.11. The zero-order valence-corrected chi connectivity index (χ0v) is 17.2. The van der Waals surface area contributed by atoms with Crippen molar-refractivity contribution in [1.29, 1.82) is 0 Å². The van der Waals surface area contributed by atoms with E-state index in [2.05, 4.69) is 11.8 Å². The lowest BCUT2D eigenvalue weighted by molar-refractivity contribution is -0.385. The van der Waals surface area contributed by atoms with Gasteiger partial charge in [0.25, 0.3) is 0 Å². The van der Waals surface area contributed by atoms with Gasteiger partial charge >= 0.3 is 5.69 Å². The van der Waals surface area contributed by atoms with Gasteiger partial charge in [0.1, 0.15) is 11.1 Å².